The van der Waals surface area contributed by atoms with Gasteiger partial charge in [0.15, 0.2) is 0 Å². The lowest BCUT2D eigenvalue weighted by Crippen LogP contribution is -2.28. The Labute approximate surface area is 105 Å². The highest BCUT2D eigenvalue weighted by atomic mass is 35.5. The van der Waals surface area contributed by atoms with Crippen LogP contribution in [0.25, 0.3) is 0 Å². The minimum atomic E-state index is -2.31. The third-order valence-electron chi connectivity index (χ3n) is 2.58. The van der Waals surface area contributed by atoms with E-state index in [4.69, 9.17) is 17.3 Å². The first-order valence-electron chi connectivity index (χ1n) is 5.47. The maximum absolute atomic E-state index is 12.1. The van der Waals surface area contributed by atoms with Crippen molar-refractivity contribution in [1.82, 2.24) is 4.90 Å². The molecule has 17 heavy (non-hydrogen) atoms. The molecule has 0 saturated carbocycles. The first-order chi connectivity index (χ1) is 8.00. The standard InChI is InChI=1S/C12H17ClF2N2/c1-17(8-12(14)15)7-6-11(16)9-4-2-3-5-10(9)13/h2-5,11-12H,6-8,16H2,1H3. The predicted octanol–water partition coefficient (Wildman–Crippen LogP) is 2.93. The maximum Gasteiger partial charge on any atom is 0.251 e. The van der Waals surface area contributed by atoms with E-state index in [0.29, 0.717) is 18.0 Å². The fourth-order valence-corrected chi connectivity index (χ4v) is 1.89. The lowest BCUT2D eigenvalue weighted by Gasteiger charge is -2.19. The number of nitrogens with zero attached hydrogens (tertiary/aromatic N) is 1. The van der Waals surface area contributed by atoms with Gasteiger partial charge in [-0.2, -0.15) is 0 Å². The first kappa shape index (κ1) is 14.4. The Kier molecular flexibility index (Phi) is 5.82. The number of hydrogen-bond acceptors (Lipinski definition) is 2. The Bertz CT molecular complexity index is 347. The Morgan fingerprint density at radius 3 is 2.59 bits per heavy atom. The molecule has 1 unspecified atom stereocenters. The minimum Gasteiger partial charge on any atom is -0.324 e. The number of hydrogen-bond donors (Lipinski definition) is 1. The number of rotatable bonds is 6. The predicted molar refractivity (Wildman–Crippen MR) is 66.5 cm³/mol. The van der Waals surface area contributed by atoms with Crippen molar-refractivity contribution < 1.29 is 8.78 Å². The summed E-state index contributed by atoms with van der Waals surface area (Å²) >= 11 is 6.01. The van der Waals surface area contributed by atoms with Crippen LogP contribution in [-0.4, -0.2) is 31.5 Å². The highest BCUT2D eigenvalue weighted by Gasteiger charge is 2.12. The number of alkyl halides is 2. The van der Waals surface area contributed by atoms with Gasteiger partial charge in [-0.25, -0.2) is 8.78 Å². The summed E-state index contributed by atoms with van der Waals surface area (Å²) in [5, 5.41) is 0.622. The van der Waals surface area contributed by atoms with E-state index in [1.807, 2.05) is 18.2 Å². The van der Waals surface area contributed by atoms with Crippen molar-refractivity contribution in [3.05, 3.63) is 34.9 Å². The average molecular weight is 263 g/mol. The third kappa shape index (κ3) is 4.98. The summed E-state index contributed by atoms with van der Waals surface area (Å²) in [6.07, 6.45) is -1.70. The van der Waals surface area contributed by atoms with Gasteiger partial charge in [0.05, 0.1) is 6.54 Å². The molecule has 0 bridgehead atoms. The summed E-state index contributed by atoms with van der Waals surface area (Å²) < 4.78 is 24.2. The zero-order chi connectivity index (χ0) is 12.8. The van der Waals surface area contributed by atoms with Crippen LogP contribution in [0.15, 0.2) is 24.3 Å². The Morgan fingerprint density at radius 2 is 2.00 bits per heavy atom. The van der Waals surface area contributed by atoms with Crippen molar-refractivity contribution in [3.63, 3.8) is 0 Å². The van der Waals surface area contributed by atoms with Crippen molar-refractivity contribution in [2.45, 2.75) is 18.9 Å². The molecule has 0 aromatic heterocycles. The Morgan fingerprint density at radius 1 is 1.35 bits per heavy atom. The van der Waals surface area contributed by atoms with E-state index < -0.39 is 6.43 Å². The average Bonchev–Trinajstić information content (AvgIpc) is 2.25. The van der Waals surface area contributed by atoms with Crippen molar-refractivity contribution in [2.24, 2.45) is 5.73 Å². The van der Waals surface area contributed by atoms with E-state index in [-0.39, 0.29) is 12.6 Å². The van der Waals surface area contributed by atoms with Gasteiger partial charge in [0, 0.05) is 11.1 Å². The SMILES string of the molecule is CN(CCC(N)c1ccccc1Cl)CC(F)F. The van der Waals surface area contributed by atoms with Crippen molar-refractivity contribution in [2.75, 3.05) is 20.1 Å². The molecule has 2 N–H and O–H groups in total. The molecular weight excluding hydrogens is 246 g/mol. The first-order valence-corrected chi connectivity index (χ1v) is 5.85. The molecule has 1 rings (SSSR count). The summed E-state index contributed by atoms with van der Waals surface area (Å²) in [6.45, 7) is 0.298. The Balaban J connectivity index is 2.45. The number of nitrogens with two attached hydrogens (primary N) is 1. The van der Waals surface area contributed by atoms with Gasteiger partial charge in [-0.3, -0.25) is 0 Å². The third-order valence-corrected chi connectivity index (χ3v) is 2.92. The largest absolute Gasteiger partial charge is 0.324 e. The van der Waals surface area contributed by atoms with Gasteiger partial charge in [0.2, 0.25) is 0 Å². The molecule has 1 aromatic carbocycles. The smallest absolute Gasteiger partial charge is 0.251 e. The summed E-state index contributed by atoms with van der Waals surface area (Å²) in [7, 11) is 1.66. The number of benzene rings is 1. The molecule has 96 valence electrons. The van der Waals surface area contributed by atoms with E-state index in [0.717, 1.165) is 5.56 Å². The molecule has 0 aliphatic carbocycles. The van der Waals surface area contributed by atoms with E-state index in [1.165, 1.54) is 0 Å². The lowest BCUT2D eigenvalue weighted by atomic mass is 10.0. The number of halogens is 3. The molecule has 1 aromatic rings. The molecule has 0 fully saturated rings. The zero-order valence-corrected chi connectivity index (χ0v) is 10.5. The summed E-state index contributed by atoms with van der Waals surface area (Å²) in [6, 6.07) is 7.12. The van der Waals surface area contributed by atoms with Crippen LogP contribution in [0.5, 0.6) is 0 Å². The van der Waals surface area contributed by atoms with Crippen LogP contribution in [0.2, 0.25) is 5.02 Å². The van der Waals surface area contributed by atoms with E-state index in [2.05, 4.69) is 0 Å². The quantitative estimate of drug-likeness (QED) is 0.854. The Hall–Kier alpha value is -0.710. The fourth-order valence-electron chi connectivity index (χ4n) is 1.62. The normalized spacial score (nSPS) is 13.4. The van der Waals surface area contributed by atoms with Gasteiger partial charge in [0.1, 0.15) is 0 Å². The van der Waals surface area contributed by atoms with Gasteiger partial charge in [-0.1, -0.05) is 29.8 Å². The second-order valence-electron chi connectivity index (χ2n) is 4.07. The summed E-state index contributed by atoms with van der Waals surface area (Å²) in [4.78, 5) is 1.57. The van der Waals surface area contributed by atoms with E-state index in [9.17, 15) is 8.78 Å². The van der Waals surface area contributed by atoms with Gasteiger partial charge in [0.25, 0.3) is 6.43 Å². The molecule has 1 atom stereocenters. The van der Waals surface area contributed by atoms with Crippen molar-refractivity contribution >= 4 is 11.6 Å². The van der Waals surface area contributed by atoms with Crippen LogP contribution in [0.1, 0.15) is 18.0 Å². The van der Waals surface area contributed by atoms with E-state index in [1.54, 1.807) is 18.0 Å². The molecule has 2 nitrogen and oxygen atoms in total. The van der Waals surface area contributed by atoms with Gasteiger partial charge < -0.3 is 10.6 Å². The zero-order valence-electron chi connectivity index (χ0n) is 9.74. The van der Waals surface area contributed by atoms with E-state index >= 15 is 0 Å². The summed E-state index contributed by atoms with van der Waals surface area (Å²) in [5.41, 5.74) is 6.84. The molecule has 0 aliphatic heterocycles. The molecule has 0 heterocycles. The van der Waals surface area contributed by atoms with Gasteiger partial charge in [-0.05, 0) is 31.6 Å². The van der Waals surface area contributed by atoms with Crippen LogP contribution in [-0.2, 0) is 0 Å². The summed E-state index contributed by atoms with van der Waals surface area (Å²) in [5.74, 6) is 0. The molecule has 0 aliphatic rings. The molecule has 0 saturated heterocycles. The van der Waals surface area contributed by atoms with Crippen LogP contribution < -0.4 is 5.73 Å². The van der Waals surface area contributed by atoms with Crippen molar-refractivity contribution in [3.8, 4) is 0 Å². The molecule has 0 spiro atoms. The highest BCUT2D eigenvalue weighted by molar-refractivity contribution is 6.31. The lowest BCUT2D eigenvalue weighted by molar-refractivity contribution is 0.0990. The molecule has 5 heteroatoms. The second-order valence-corrected chi connectivity index (χ2v) is 4.48. The highest BCUT2D eigenvalue weighted by Crippen LogP contribution is 2.23. The van der Waals surface area contributed by atoms with Crippen LogP contribution in [0.4, 0.5) is 8.78 Å². The van der Waals surface area contributed by atoms with Gasteiger partial charge >= 0.3 is 0 Å². The second kappa shape index (κ2) is 6.89. The maximum atomic E-state index is 12.1. The molecule has 0 amide bonds. The van der Waals surface area contributed by atoms with Crippen molar-refractivity contribution in [1.29, 1.82) is 0 Å². The molecular formula is C12H17ClF2N2. The topological polar surface area (TPSA) is 29.3 Å². The monoisotopic (exact) mass is 262 g/mol. The van der Waals surface area contributed by atoms with Crippen LogP contribution in [0.3, 0.4) is 0 Å². The fraction of sp³-hybridized carbons (Fsp3) is 0.500. The minimum absolute atomic E-state index is 0.219. The van der Waals surface area contributed by atoms with Crippen LogP contribution >= 0.6 is 11.6 Å². The molecule has 0 radical (unpaired) electrons. The van der Waals surface area contributed by atoms with Gasteiger partial charge in [-0.15, -0.1) is 0 Å². The van der Waals surface area contributed by atoms with Crippen LogP contribution in [0, 0.1) is 0 Å².